The van der Waals surface area contributed by atoms with Crippen molar-refractivity contribution in [3.05, 3.63) is 125 Å². The highest BCUT2D eigenvalue weighted by atomic mass is 16.6. The lowest BCUT2D eigenvalue weighted by Gasteiger charge is -2.20. The zero-order valence-corrected chi connectivity index (χ0v) is 17.8. The third-order valence-electron chi connectivity index (χ3n) is 5.17. The molecule has 0 atom stereocenters. The van der Waals surface area contributed by atoms with Crippen molar-refractivity contribution < 1.29 is 14.2 Å². The van der Waals surface area contributed by atoms with Crippen molar-refractivity contribution in [3.8, 4) is 28.6 Å². The smallest absolute Gasteiger partial charge is 0.273 e. The van der Waals surface area contributed by atoms with Crippen LogP contribution in [0.2, 0.25) is 0 Å². The first-order valence-corrected chi connectivity index (χ1v) is 10.5. The van der Waals surface area contributed by atoms with Gasteiger partial charge in [0.25, 0.3) is 11.6 Å². The maximum Gasteiger partial charge on any atom is 0.273 e. The number of nitrogens with zero attached hydrogens (tertiary/aromatic N) is 4. The van der Waals surface area contributed by atoms with E-state index < -0.39 is 11.0 Å². The van der Waals surface area contributed by atoms with Gasteiger partial charge in [-0.3, -0.25) is 15.1 Å². The number of hydrogen-bond acceptors (Lipinski definition) is 7. The maximum atomic E-state index is 11.7. The van der Waals surface area contributed by atoms with Gasteiger partial charge in [0.1, 0.15) is 11.9 Å². The Balaban J connectivity index is 1.54. The minimum absolute atomic E-state index is 0.143. The average Bonchev–Trinajstić information content (AvgIpc) is 3.39. The molecule has 0 amide bonds. The highest BCUT2D eigenvalue weighted by Gasteiger charge is 2.21. The topological polar surface area (TPSA) is 104 Å². The Morgan fingerprint density at radius 3 is 2.09 bits per heavy atom. The average molecular weight is 450 g/mol. The minimum Gasteiger partial charge on any atom is -0.481 e. The maximum absolute atomic E-state index is 11.7. The standard InChI is InChI=1S/C26H18N4O4/c31-30(32)22-15-21(26-28-25(29-34-26)20-11-13-27-14-12-20)16-23(17-22)33-24(18-7-3-1-4-8-18)19-9-5-2-6-10-19/h1-17,24H. The largest absolute Gasteiger partial charge is 0.481 e. The van der Waals surface area contributed by atoms with Gasteiger partial charge in [-0.2, -0.15) is 4.98 Å². The number of benzene rings is 3. The SMILES string of the molecule is O=[N+]([O-])c1cc(OC(c2ccccc2)c2ccccc2)cc(-c2nc(-c3ccncc3)no2)c1. The summed E-state index contributed by atoms with van der Waals surface area (Å²) in [6.07, 6.45) is 2.78. The number of non-ortho nitro benzene ring substituents is 1. The number of aromatic nitrogens is 3. The predicted octanol–water partition coefficient (Wildman–Crippen LogP) is 5.88. The van der Waals surface area contributed by atoms with Crippen LogP contribution in [0.3, 0.4) is 0 Å². The molecule has 8 heteroatoms. The molecule has 0 aliphatic heterocycles. The van der Waals surface area contributed by atoms with Crippen LogP contribution in [-0.4, -0.2) is 20.0 Å². The fourth-order valence-electron chi connectivity index (χ4n) is 3.56. The van der Waals surface area contributed by atoms with Crippen molar-refractivity contribution in [2.24, 2.45) is 0 Å². The van der Waals surface area contributed by atoms with Gasteiger partial charge in [0.2, 0.25) is 5.82 Å². The summed E-state index contributed by atoms with van der Waals surface area (Å²) in [6.45, 7) is 0. The molecule has 0 aliphatic rings. The first-order chi connectivity index (χ1) is 16.7. The molecule has 0 radical (unpaired) electrons. The molecule has 3 aromatic carbocycles. The van der Waals surface area contributed by atoms with Gasteiger partial charge in [-0.05, 0) is 29.3 Å². The Hall–Kier alpha value is -4.85. The fraction of sp³-hybridized carbons (Fsp3) is 0.0385. The Labute approximate surface area is 194 Å². The van der Waals surface area contributed by atoms with Crippen LogP contribution in [0.15, 0.2) is 108 Å². The van der Waals surface area contributed by atoms with Crippen LogP contribution in [0.4, 0.5) is 5.69 Å². The molecule has 0 fully saturated rings. The fourth-order valence-corrected chi connectivity index (χ4v) is 3.56. The van der Waals surface area contributed by atoms with Crippen LogP contribution in [0, 0.1) is 10.1 Å². The normalized spacial score (nSPS) is 10.9. The number of nitro groups is 1. The Bertz CT molecular complexity index is 1370. The summed E-state index contributed by atoms with van der Waals surface area (Å²) in [5.41, 5.74) is 2.80. The van der Waals surface area contributed by atoms with Crippen LogP contribution in [0.25, 0.3) is 22.8 Å². The van der Waals surface area contributed by atoms with Crippen LogP contribution < -0.4 is 4.74 Å². The highest BCUT2D eigenvalue weighted by Crippen LogP contribution is 2.34. The second-order valence-electron chi connectivity index (χ2n) is 7.45. The van der Waals surface area contributed by atoms with Crippen molar-refractivity contribution in [2.75, 3.05) is 0 Å². The molecule has 0 unspecified atom stereocenters. The van der Waals surface area contributed by atoms with Gasteiger partial charge in [-0.15, -0.1) is 0 Å². The number of ether oxygens (including phenoxy) is 1. The summed E-state index contributed by atoms with van der Waals surface area (Å²) >= 11 is 0. The Kier molecular flexibility index (Phi) is 5.77. The van der Waals surface area contributed by atoms with Crippen molar-refractivity contribution in [2.45, 2.75) is 6.10 Å². The molecule has 0 N–H and O–H groups in total. The molecule has 8 nitrogen and oxygen atoms in total. The van der Waals surface area contributed by atoms with Gasteiger partial charge in [-0.1, -0.05) is 65.8 Å². The van der Waals surface area contributed by atoms with E-state index in [0.29, 0.717) is 17.1 Å². The van der Waals surface area contributed by atoms with E-state index in [-0.39, 0.29) is 11.6 Å². The minimum atomic E-state index is -0.476. The van der Waals surface area contributed by atoms with Crippen LogP contribution in [0.1, 0.15) is 17.2 Å². The lowest BCUT2D eigenvalue weighted by Crippen LogP contribution is -2.09. The zero-order chi connectivity index (χ0) is 23.3. The molecule has 2 heterocycles. The third-order valence-corrected chi connectivity index (χ3v) is 5.17. The van der Waals surface area contributed by atoms with E-state index in [1.165, 1.54) is 12.1 Å². The van der Waals surface area contributed by atoms with Crippen molar-refractivity contribution in [3.63, 3.8) is 0 Å². The quantitative estimate of drug-likeness (QED) is 0.225. The van der Waals surface area contributed by atoms with Gasteiger partial charge in [0, 0.05) is 24.0 Å². The summed E-state index contributed by atoms with van der Waals surface area (Å²) in [7, 11) is 0. The van der Waals surface area contributed by atoms with Crippen LogP contribution in [-0.2, 0) is 0 Å². The van der Waals surface area contributed by atoms with Crippen molar-refractivity contribution in [1.29, 1.82) is 0 Å². The third kappa shape index (κ3) is 4.51. The zero-order valence-electron chi connectivity index (χ0n) is 17.8. The second-order valence-corrected chi connectivity index (χ2v) is 7.45. The van der Waals surface area contributed by atoms with Gasteiger partial charge in [0.05, 0.1) is 16.6 Å². The molecule has 166 valence electrons. The molecule has 5 rings (SSSR count). The van der Waals surface area contributed by atoms with Gasteiger partial charge < -0.3 is 9.26 Å². The van der Waals surface area contributed by atoms with Crippen molar-refractivity contribution in [1.82, 2.24) is 15.1 Å². The van der Waals surface area contributed by atoms with E-state index in [2.05, 4.69) is 15.1 Å². The Morgan fingerprint density at radius 1 is 0.824 bits per heavy atom. The first-order valence-electron chi connectivity index (χ1n) is 10.5. The highest BCUT2D eigenvalue weighted by molar-refractivity contribution is 5.64. The lowest BCUT2D eigenvalue weighted by atomic mass is 10.0. The number of hydrogen-bond donors (Lipinski definition) is 0. The molecule has 0 saturated carbocycles. The summed E-state index contributed by atoms with van der Waals surface area (Å²) in [4.78, 5) is 19.6. The van der Waals surface area contributed by atoms with E-state index >= 15 is 0 Å². The molecule has 0 spiro atoms. The van der Waals surface area contributed by atoms with E-state index in [1.807, 2.05) is 60.7 Å². The molecule has 34 heavy (non-hydrogen) atoms. The summed E-state index contributed by atoms with van der Waals surface area (Å²) in [5.74, 6) is 0.819. The summed E-state index contributed by atoms with van der Waals surface area (Å²) in [6, 6.07) is 27.3. The number of nitro benzene ring substituents is 1. The second kappa shape index (κ2) is 9.33. The van der Waals surface area contributed by atoms with E-state index in [4.69, 9.17) is 9.26 Å². The molecule has 0 aliphatic carbocycles. The molecular formula is C26H18N4O4. The Morgan fingerprint density at radius 2 is 1.47 bits per heavy atom. The molecule has 0 bridgehead atoms. The van der Waals surface area contributed by atoms with E-state index in [0.717, 1.165) is 16.7 Å². The molecule has 5 aromatic rings. The van der Waals surface area contributed by atoms with Crippen LogP contribution in [0.5, 0.6) is 5.75 Å². The predicted molar refractivity (Wildman–Crippen MR) is 125 cm³/mol. The molecule has 0 saturated heterocycles. The monoisotopic (exact) mass is 450 g/mol. The molecule has 2 aromatic heterocycles. The van der Waals surface area contributed by atoms with Gasteiger partial charge >= 0.3 is 0 Å². The van der Waals surface area contributed by atoms with Crippen molar-refractivity contribution >= 4 is 5.69 Å². The number of pyridine rings is 1. The van der Waals surface area contributed by atoms with Crippen LogP contribution >= 0.6 is 0 Å². The number of rotatable bonds is 7. The summed E-state index contributed by atoms with van der Waals surface area (Å²) in [5, 5.41) is 15.7. The molecular weight excluding hydrogens is 432 g/mol. The van der Waals surface area contributed by atoms with Gasteiger partial charge in [0.15, 0.2) is 0 Å². The lowest BCUT2D eigenvalue weighted by molar-refractivity contribution is -0.384. The van der Waals surface area contributed by atoms with Gasteiger partial charge in [-0.25, -0.2) is 0 Å². The van der Waals surface area contributed by atoms with E-state index in [9.17, 15) is 10.1 Å². The first kappa shape index (κ1) is 21.0. The van der Waals surface area contributed by atoms with E-state index in [1.54, 1.807) is 30.6 Å². The summed E-state index contributed by atoms with van der Waals surface area (Å²) < 4.78 is 11.7.